The van der Waals surface area contributed by atoms with Gasteiger partial charge in [-0.15, -0.1) is 0 Å². The topological polar surface area (TPSA) is 23.6 Å². The number of likely N-dealkylation sites (N-methyl/N-ethyl adjacent to an activating group) is 1. The molecule has 1 aromatic carbocycles. The molecule has 0 saturated carbocycles. The van der Waals surface area contributed by atoms with Crippen molar-refractivity contribution >= 4 is 5.78 Å². The van der Waals surface area contributed by atoms with Gasteiger partial charge in [-0.1, -0.05) is 24.6 Å². The maximum absolute atomic E-state index is 12.5. The molecule has 0 spiro atoms. The summed E-state index contributed by atoms with van der Waals surface area (Å²) in [5.41, 5.74) is 3.12. The summed E-state index contributed by atoms with van der Waals surface area (Å²) < 4.78 is 0. The van der Waals surface area contributed by atoms with Gasteiger partial charge in [-0.25, -0.2) is 0 Å². The third kappa shape index (κ3) is 4.14. The van der Waals surface area contributed by atoms with Crippen LogP contribution in [0, 0.1) is 13.8 Å². The quantitative estimate of drug-likeness (QED) is 0.778. The number of aryl methyl sites for hydroxylation is 2. The fraction of sp³-hybridized carbons (Fsp3) is 0.611. The molecule has 0 N–H and O–H groups in total. The Hall–Kier alpha value is -1.19. The molecule has 0 atom stereocenters. The van der Waals surface area contributed by atoms with Gasteiger partial charge in [-0.05, 0) is 65.0 Å². The van der Waals surface area contributed by atoms with E-state index in [-0.39, 0.29) is 5.78 Å². The van der Waals surface area contributed by atoms with Crippen LogP contribution >= 0.6 is 0 Å². The molecule has 1 saturated heterocycles. The van der Waals surface area contributed by atoms with Crippen LogP contribution in [0.3, 0.4) is 0 Å². The maximum Gasteiger partial charge on any atom is 0.177 e. The highest BCUT2D eigenvalue weighted by Gasteiger charge is 2.23. The largest absolute Gasteiger partial charge is 0.303 e. The molecule has 0 amide bonds. The number of benzene rings is 1. The average molecular weight is 288 g/mol. The first kappa shape index (κ1) is 16.2. The van der Waals surface area contributed by atoms with Crippen molar-refractivity contribution in [2.24, 2.45) is 0 Å². The zero-order valence-electron chi connectivity index (χ0n) is 13.9. The van der Waals surface area contributed by atoms with Crippen LogP contribution in [0.1, 0.15) is 41.3 Å². The van der Waals surface area contributed by atoms with E-state index in [4.69, 9.17) is 0 Å². The Morgan fingerprint density at radius 2 is 1.95 bits per heavy atom. The monoisotopic (exact) mass is 288 g/mol. The fourth-order valence-electron chi connectivity index (χ4n) is 3.15. The van der Waals surface area contributed by atoms with E-state index in [2.05, 4.69) is 29.8 Å². The second-order valence-corrected chi connectivity index (χ2v) is 6.32. The molecular formula is C18H28N2O. The van der Waals surface area contributed by atoms with Crippen molar-refractivity contribution in [2.45, 2.75) is 39.7 Å². The van der Waals surface area contributed by atoms with Crippen LogP contribution in [0.2, 0.25) is 0 Å². The highest BCUT2D eigenvalue weighted by Crippen LogP contribution is 2.17. The third-order valence-electron chi connectivity index (χ3n) is 4.71. The van der Waals surface area contributed by atoms with Gasteiger partial charge in [-0.3, -0.25) is 9.69 Å². The summed E-state index contributed by atoms with van der Waals surface area (Å²) in [5.74, 6) is 0.247. The van der Waals surface area contributed by atoms with Gasteiger partial charge in [0.25, 0.3) is 0 Å². The molecule has 0 aliphatic carbocycles. The van der Waals surface area contributed by atoms with Gasteiger partial charge in [0.05, 0.1) is 6.54 Å². The minimum atomic E-state index is 0.247. The summed E-state index contributed by atoms with van der Waals surface area (Å²) in [6, 6.07) is 6.67. The molecule has 1 aromatic rings. The Morgan fingerprint density at radius 1 is 1.29 bits per heavy atom. The lowest BCUT2D eigenvalue weighted by Crippen LogP contribution is -2.44. The first-order valence-corrected chi connectivity index (χ1v) is 8.04. The predicted molar refractivity (Wildman–Crippen MR) is 88.0 cm³/mol. The average Bonchev–Trinajstić information content (AvgIpc) is 2.49. The first-order valence-electron chi connectivity index (χ1n) is 8.04. The molecule has 1 aliphatic rings. The third-order valence-corrected chi connectivity index (χ3v) is 4.71. The number of likely N-dealkylation sites (tertiary alicyclic amines) is 1. The lowest BCUT2D eigenvalue weighted by molar-refractivity contribution is 0.0858. The van der Waals surface area contributed by atoms with Crippen LogP contribution in [0.15, 0.2) is 18.2 Å². The minimum absolute atomic E-state index is 0.247. The van der Waals surface area contributed by atoms with Crippen LogP contribution in [0.25, 0.3) is 0 Å². The van der Waals surface area contributed by atoms with E-state index in [9.17, 15) is 4.79 Å². The summed E-state index contributed by atoms with van der Waals surface area (Å²) in [7, 11) is 2.09. The van der Waals surface area contributed by atoms with Crippen molar-refractivity contribution in [3.63, 3.8) is 0 Å². The molecule has 2 rings (SSSR count). The fourth-order valence-corrected chi connectivity index (χ4v) is 3.15. The summed E-state index contributed by atoms with van der Waals surface area (Å²) in [6.45, 7) is 10.3. The van der Waals surface area contributed by atoms with E-state index >= 15 is 0 Å². The van der Waals surface area contributed by atoms with E-state index in [0.29, 0.717) is 12.6 Å². The number of hydrogen-bond acceptors (Lipinski definition) is 3. The number of piperidine rings is 1. The van der Waals surface area contributed by atoms with E-state index in [1.165, 1.54) is 12.8 Å². The predicted octanol–water partition coefficient (Wildman–Crippen LogP) is 2.90. The SMILES string of the molecule is CCN1CCC(N(C)CC(=O)c2cc(C)ccc2C)CC1. The Bertz CT molecular complexity index is 490. The molecule has 0 radical (unpaired) electrons. The smallest absolute Gasteiger partial charge is 0.177 e. The van der Waals surface area contributed by atoms with Crippen molar-refractivity contribution < 1.29 is 4.79 Å². The Morgan fingerprint density at radius 3 is 2.57 bits per heavy atom. The first-order chi connectivity index (χ1) is 10.0. The molecule has 3 nitrogen and oxygen atoms in total. The van der Waals surface area contributed by atoms with Gasteiger partial charge in [0.15, 0.2) is 5.78 Å². The van der Waals surface area contributed by atoms with E-state index in [1.54, 1.807) is 0 Å². The van der Waals surface area contributed by atoms with Gasteiger partial charge < -0.3 is 4.90 Å². The summed E-state index contributed by atoms with van der Waals surface area (Å²) in [6.07, 6.45) is 2.34. The number of nitrogens with zero attached hydrogens (tertiary/aromatic N) is 2. The molecule has 116 valence electrons. The summed E-state index contributed by atoms with van der Waals surface area (Å²) >= 11 is 0. The van der Waals surface area contributed by atoms with Crippen molar-refractivity contribution in [3.8, 4) is 0 Å². The summed E-state index contributed by atoms with van der Waals surface area (Å²) in [4.78, 5) is 17.3. The molecule has 0 aromatic heterocycles. The Balaban J connectivity index is 1.95. The molecule has 1 aliphatic heterocycles. The Labute approximate surface area is 128 Å². The van der Waals surface area contributed by atoms with Crippen LogP contribution in [0.4, 0.5) is 0 Å². The van der Waals surface area contributed by atoms with Crippen LogP contribution in [-0.4, -0.2) is 54.9 Å². The second kappa shape index (κ2) is 7.19. The highest BCUT2D eigenvalue weighted by atomic mass is 16.1. The zero-order valence-corrected chi connectivity index (χ0v) is 13.9. The number of rotatable bonds is 5. The number of hydrogen-bond donors (Lipinski definition) is 0. The lowest BCUT2D eigenvalue weighted by Gasteiger charge is -2.36. The lowest BCUT2D eigenvalue weighted by atomic mass is 9.99. The maximum atomic E-state index is 12.5. The van der Waals surface area contributed by atoms with Crippen molar-refractivity contribution in [3.05, 3.63) is 34.9 Å². The summed E-state index contributed by atoms with van der Waals surface area (Å²) in [5, 5.41) is 0. The Kier molecular flexibility index (Phi) is 5.54. The molecule has 0 unspecified atom stereocenters. The molecule has 1 fully saturated rings. The standard InChI is InChI=1S/C18H28N2O/c1-5-20-10-8-16(9-11-20)19(4)13-18(21)17-12-14(2)6-7-15(17)3/h6-7,12,16H,5,8-11,13H2,1-4H3. The highest BCUT2D eigenvalue weighted by molar-refractivity contribution is 5.99. The number of carbonyl (C=O) groups excluding carboxylic acids is 1. The second-order valence-electron chi connectivity index (χ2n) is 6.32. The van der Waals surface area contributed by atoms with Crippen molar-refractivity contribution in [2.75, 3.05) is 33.2 Å². The van der Waals surface area contributed by atoms with Gasteiger partial charge >= 0.3 is 0 Å². The van der Waals surface area contributed by atoms with Crippen LogP contribution in [-0.2, 0) is 0 Å². The van der Waals surface area contributed by atoms with Gasteiger partial charge in [-0.2, -0.15) is 0 Å². The minimum Gasteiger partial charge on any atom is -0.303 e. The van der Waals surface area contributed by atoms with Crippen LogP contribution < -0.4 is 0 Å². The normalized spacial score (nSPS) is 17.4. The van der Waals surface area contributed by atoms with E-state index in [0.717, 1.165) is 36.3 Å². The number of ketones is 1. The van der Waals surface area contributed by atoms with Crippen LogP contribution in [0.5, 0.6) is 0 Å². The molecule has 21 heavy (non-hydrogen) atoms. The molecular weight excluding hydrogens is 260 g/mol. The van der Waals surface area contributed by atoms with Gasteiger partial charge in [0.1, 0.15) is 0 Å². The zero-order chi connectivity index (χ0) is 15.4. The van der Waals surface area contributed by atoms with E-state index in [1.807, 2.05) is 26.0 Å². The van der Waals surface area contributed by atoms with Gasteiger partial charge in [0, 0.05) is 11.6 Å². The van der Waals surface area contributed by atoms with Crippen molar-refractivity contribution in [1.29, 1.82) is 0 Å². The number of carbonyl (C=O) groups is 1. The van der Waals surface area contributed by atoms with E-state index < -0.39 is 0 Å². The molecule has 3 heteroatoms. The molecule has 0 bridgehead atoms. The molecule has 1 heterocycles. The van der Waals surface area contributed by atoms with Gasteiger partial charge in [0.2, 0.25) is 0 Å². The number of Topliss-reactive ketones (excluding diaryl/α,β-unsaturated/α-hetero) is 1. The van der Waals surface area contributed by atoms with Crippen molar-refractivity contribution in [1.82, 2.24) is 9.80 Å².